The first-order valence-electron chi connectivity index (χ1n) is 8.71. The van der Waals surface area contributed by atoms with Gasteiger partial charge >= 0.3 is 6.03 Å². The Hall–Kier alpha value is -2.91. The number of benzene rings is 1. The minimum Gasteiger partial charge on any atom is -0.338 e. The number of thioether (sulfide) groups is 1. The molecule has 0 aliphatic carbocycles. The second-order valence-electron chi connectivity index (χ2n) is 6.01. The van der Waals surface area contributed by atoms with Gasteiger partial charge in [-0.15, -0.1) is 23.1 Å². The zero-order chi connectivity index (χ0) is 19.2. The molecule has 1 aromatic carbocycles. The summed E-state index contributed by atoms with van der Waals surface area (Å²) in [6.45, 7) is 0.607. The maximum atomic E-state index is 12.1. The van der Waals surface area contributed by atoms with E-state index in [1.165, 1.54) is 11.2 Å². The lowest BCUT2D eigenvalue weighted by Crippen LogP contribution is -2.30. The predicted molar refractivity (Wildman–Crippen MR) is 113 cm³/mol. The maximum absolute atomic E-state index is 12.1. The quantitative estimate of drug-likeness (QED) is 0.315. The molecule has 0 fully saturated rings. The summed E-state index contributed by atoms with van der Waals surface area (Å²) in [4.78, 5) is 21.8. The average molecular weight is 411 g/mol. The Morgan fingerprint density at radius 1 is 1.21 bits per heavy atom. The molecule has 0 aliphatic heterocycles. The Labute approximate surface area is 170 Å². The van der Waals surface area contributed by atoms with E-state index in [9.17, 15) is 4.79 Å². The minimum absolute atomic E-state index is 0.197. The van der Waals surface area contributed by atoms with Crippen molar-refractivity contribution in [1.29, 1.82) is 0 Å². The molecule has 0 atom stereocenters. The number of carbonyl (C=O) groups is 1. The number of aromatic nitrogens is 4. The van der Waals surface area contributed by atoms with Gasteiger partial charge in [-0.05, 0) is 35.6 Å². The number of anilines is 1. The Morgan fingerprint density at radius 2 is 2.18 bits per heavy atom. The topological polar surface area (TPSA) is 95.6 Å². The number of thiophene rings is 1. The number of carbonyl (C=O) groups excluding carboxylic acids is 1. The van der Waals surface area contributed by atoms with Crippen LogP contribution in [0.1, 0.15) is 10.4 Å². The van der Waals surface area contributed by atoms with Crippen molar-refractivity contribution >= 4 is 45.9 Å². The lowest BCUT2D eigenvalue weighted by molar-refractivity contribution is 0.252. The third-order valence-corrected chi connectivity index (χ3v) is 6.02. The van der Waals surface area contributed by atoms with Crippen LogP contribution in [0.15, 0.2) is 59.3 Å². The van der Waals surface area contributed by atoms with Crippen molar-refractivity contribution in [3.63, 3.8) is 0 Å². The SMILES string of the molecule is O=C(NCCc1cccs1)Nc1cccc(CSc2ncnc3[nH]ncc23)c1. The third kappa shape index (κ3) is 4.68. The number of hydrogen-bond donors (Lipinski definition) is 3. The Bertz CT molecular complexity index is 1060. The number of rotatable bonds is 7. The predicted octanol–water partition coefficient (Wildman–Crippen LogP) is 4.07. The Balaban J connectivity index is 1.31. The van der Waals surface area contributed by atoms with Crippen molar-refractivity contribution < 1.29 is 4.79 Å². The summed E-state index contributed by atoms with van der Waals surface area (Å²) in [6.07, 6.45) is 4.10. The molecule has 2 amide bonds. The van der Waals surface area contributed by atoms with Gasteiger partial charge in [0.05, 0.1) is 11.6 Å². The number of fused-ring (bicyclic) bond motifs is 1. The highest BCUT2D eigenvalue weighted by atomic mass is 32.2. The highest BCUT2D eigenvalue weighted by Gasteiger charge is 2.07. The van der Waals surface area contributed by atoms with Crippen LogP contribution >= 0.6 is 23.1 Å². The molecule has 0 radical (unpaired) electrons. The van der Waals surface area contributed by atoms with Crippen molar-refractivity contribution in [2.24, 2.45) is 0 Å². The molecular formula is C19H18N6OS2. The van der Waals surface area contributed by atoms with E-state index in [1.807, 2.05) is 35.7 Å². The van der Waals surface area contributed by atoms with Crippen molar-refractivity contribution in [3.8, 4) is 0 Å². The number of nitrogens with zero attached hydrogens (tertiary/aromatic N) is 3. The number of urea groups is 1. The first-order valence-corrected chi connectivity index (χ1v) is 10.6. The summed E-state index contributed by atoms with van der Waals surface area (Å²) in [7, 11) is 0. The Kier molecular flexibility index (Phi) is 5.83. The van der Waals surface area contributed by atoms with Crippen LogP contribution in [0.2, 0.25) is 0 Å². The monoisotopic (exact) mass is 410 g/mol. The van der Waals surface area contributed by atoms with Gasteiger partial charge in [0.1, 0.15) is 11.4 Å². The lowest BCUT2D eigenvalue weighted by Gasteiger charge is -2.09. The molecule has 3 aromatic heterocycles. The van der Waals surface area contributed by atoms with E-state index < -0.39 is 0 Å². The van der Waals surface area contributed by atoms with Crippen molar-refractivity contribution in [2.75, 3.05) is 11.9 Å². The summed E-state index contributed by atoms with van der Waals surface area (Å²) < 4.78 is 0. The van der Waals surface area contributed by atoms with Crippen LogP contribution in [0.25, 0.3) is 11.0 Å². The van der Waals surface area contributed by atoms with Crippen molar-refractivity contribution in [3.05, 3.63) is 64.7 Å². The highest BCUT2D eigenvalue weighted by Crippen LogP contribution is 2.27. The van der Waals surface area contributed by atoms with Crippen LogP contribution in [0.3, 0.4) is 0 Å². The molecule has 0 aliphatic rings. The molecule has 4 rings (SSSR count). The van der Waals surface area contributed by atoms with E-state index >= 15 is 0 Å². The molecule has 0 saturated heterocycles. The van der Waals surface area contributed by atoms with Crippen molar-refractivity contribution in [2.45, 2.75) is 17.2 Å². The molecule has 0 bridgehead atoms. The number of H-pyrrole nitrogens is 1. The summed E-state index contributed by atoms with van der Waals surface area (Å²) in [5.74, 6) is 0.729. The van der Waals surface area contributed by atoms with Gasteiger partial charge in [0.25, 0.3) is 0 Å². The van der Waals surface area contributed by atoms with Crippen LogP contribution in [0, 0.1) is 0 Å². The van der Waals surface area contributed by atoms with Gasteiger partial charge in [0.2, 0.25) is 0 Å². The highest BCUT2D eigenvalue weighted by molar-refractivity contribution is 7.98. The van der Waals surface area contributed by atoms with Gasteiger partial charge in [0.15, 0.2) is 5.65 Å². The summed E-state index contributed by atoms with van der Waals surface area (Å²) in [5.41, 5.74) is 2.59. The van der Waals surface area contributed by atoms with Gasteiger partial charge in [-0.25, -0.2) is 14.8 Å². The van der Waals surface area contributed by atoms with Crippen LogP contribution in [0.5, 0.6) is 0 Å². The zero-order valence-electron chi connectivity index (χ0n) is 14.9. The normalized spacial score (nSPS) is 10.9. The maximum Gasteiger partial charge on any atom is 0.319 e. The molecule has 3 N–H and O–H groups in total. The van der Waals surface area contributed by atoms with E-state index in [4.69, 9.17) is 0 Å². The number of nitrogens with one attached hydrogen (secondary N) is 3. The fourth-order valence-corrected chi connectivity index (χ4v) is 4.30. The minimum atomic E-state index is -0.197. The first kappa shape index (κ1) is 18.5. The third-order valence-electron chi connectivity index (χ3n) is 4.01. The standard InChI is InChI=1S/C19H18N6OS2/c26-19(20-7-6-15-5-2-8-27-15)24-14-4-1-3-13(9-14)11-28-18-16-10-23-25-17(16)21-12-22-18/h1-5,8-10,12H,6-7,11H2,(H2,20,24,26)(H,21,22,23,25). The van der Waals surface area contributed by atoms with Crippen molar-refractivity contribution in [1.82, 2.24) is 25.5 Å². The van der Waals surface area contributed by atoms with Crippen LogP contribution in [-0.4, -0.2) is 32.7 Å². The number of aromatic amines is 1. The second-order valence-corrected chi connectivity index (χ2v) is 8.01. The van der Waals surface area contributed by atoms with Gasteiger partial charge in [0, 0.05) is 22.9 Å². The summed E-state index contributed by atoms with van der Waals surface area (Å²) in [5, 5.41) is 16.5. The molecule has 7 nitrogen and oxygen atoms in total. The average Bonchev–Trinajstić information content (AvgIpc) is 3.38. The molecule has 9 heteroatoms. The van der Waals surface area contributed by atoms with Crippen LogP contribution < -0.4 is 10.6 Å². The number of hydrogen-bond acceptors (Lipinski definition) is 6. The molecule has 0 unspecified atom stereocenters. The summed E-state index contributed by atoms with van der Waals surface area (Å²) >= 11 is 3.31. The lowest BCUT2D eigenvalue weighted by atomic mass is 10.2. The van der Waals surface area contributed by atoms with E-state index in [-0.39, 0.29) is 6.03 Å². The van der Waals surface area contributed by atoms with E-state index in [2.05, 4.69) is 36.9 Å². The molecular weight excluding hydrogens is 392 g/mol. The summed E-state index contributed by atoms with van der Waals surface area (Å²) in [6, 6.07) is 11.7. The fraction of sp³-hybridized carbons (Fsp3) is 0.158. The van der Waals surface area contributed by atoms with E-state index in [0.29, 0.717) is 6.54 Å². The van der Waals surface area contributed by atoms with E-state index in [0.717, 1.165) is 39.5 Å². The van der Waals surface area contributed by atoms with Gasteiger partial charge in [-0.2, -0.15) is 5.10 Å². The van der Waals surface area contributed by atoms with Gasteiger partial charge in [-0.3, -0.25) is 5.10 Å². The zero-order valence-corrected chi connectivity index (χ0v) is 16.5. The first-order chi connectivity index (χ1) is 13.8. The second kappa shape index (κ2) is 8.85. The van der Waals surface area contributed by atoms with E-state index in [1.54, 1.807) is 29.3 Å². The molecule has 142 valence electrons. The smallest absolute Gasteiger partial charge is 0.319 e. The van der Waals surface area contributed by atoms with Crippen LogP contribution in [0.4, 0.5) is 10.5 Å². The molecule has 4 aromatic rings. The Morgan fingerprint density at radius 3 is 3.07 bits per heavy atom. The number of amides is 2. The molecule has 0 saturated carbocycles. The molecule has 3 heterocycles. The molecule has 28 heavy (non-hydrogen) atoms. The molecule has 0 spiro atoms. The van der Waals surface area contributed by atoms with Crippen LogP contribution in [-0.2, 0) is 12.2 Å². The van der Waals surface area contributed by atoms with Gasteiger partial charge < -0.3 is 10.6 Å². The fourth-order valence-electron chi connectivity index (χ4n) is 2.68. The largest absolute Gasteiger partial charge is 0.338 e. The van der Waals surface area contributed by atoms with Gasteiger partial charge in [-0.1, -0.05) is 18.2 Å².